The molecular formula is C19H27N3O3. The van der Waals surface area contributed by atoms with E-state index in [4.69, 9.17) is 4.74 Å². The molecule has 0 radical (unpaired) electrons. The van der Waals surface area contributed by atoms with Gasteiger partial charge in [0.2, 0.25) is 5.91 Å². The van der Waals surface area contributed by atoms with Crippen LogP contribution in [0.1, 0.15) is 44.9 Å². The zero-order chi connectivity index (χ0) is 17.6. The highest BCUT2D eigenvalue weighted by Crippen LogP contribution is 2.22. The molecule has 3 rings (SSSR count). The Morgan fingerprint density at radius 3 is 2.44 bits per heavy atom. The van der Waals surface area contributed by atoms with Gasteiger partial charge in [-0.25, -0.2) is 4.79 Å². The van der Waals surface area contributed by atoms with E-state index in [0.29, 0.717) is 18.7 Å². The fraction of sp³-hybridized carbons (Fsp3) is 0.579. The molecule has 136 valence electrons. The van der Waals surface area contributed by atoms with Gasteiger partial charge in [0.15, 0.2) is 0 Å². The Morgan fingerprint density at radius 1 is 1.04 bits per heavy atom. The molecule has 1 atom stereocenters. The van der Waals surface area contributed by atoms with Crippen molar-refractivity contribution in [1.82, 2.24) is 10.2 Å². The number of anilines is 1. The minimum absolute atomic E-state index is 0.0979. The first kappa shape index (κ1) is 17.6. The van der Waals surface area contributed by atoms with Crippen molar-refractivity contribution in [3.8, 4) is 5.75 Å². The van der Waals surface area contributed by atoms with Gasteiger partial charge in [-0.15, -0.1) is 0 Å². The summed E-state index contributed by atoms with van der Waals surface area (Å²) in [6.07, 6.45) is 7.26. The summed E-state index contributed by atoms with van der Waals surface area (Å²) < 4.78 is 5.12. The molecule has 0 spiro atoms. The SMILES string of the molecule is COc1ccc(NC(=O)[C@@H]2CCCN2C(=O)NC2CCCCC2)cc1. The Morgan fingerprint density at radius 2 is 1.76 bits per heavy atom. The number of nitrogens with zero attached hydrogens (tertiary/aromatic N) is 1. The van der Waals surface area contributed by atoms with Gasteiger partial charge in [-0.05, 0) is 49.9 Å². The molecule has 1 saturated heterocycles. The van der Waals surface area contributed by atoms with Gasteiger partial charge in [-0.1, -0.05) is 19.3 Å². The zero-order valence-electron chi connectivity index (χ0n) is 14.8. The summed E-state index contributed by atoms with van der Waals surface area (Å²) in [6.45, 7) is 0.638. The Bertz CT molecular complexity index is 596. The van der Waals surface area contributed by atoms with Gasteiger partial charge in [0.1, 0.15) is 11.8 Å². The average Bonchev–Trinajstić information content (AvgIpc) is 3.13. The summed E-state index contributed by atoms with van der Waals surface area (Å²) in [4.78, 5) is 26.9. The molecule has 2 N–H and O–H groups in total. The first-order chi connectivity index (χ1) is 12.2. The third-order valence-corrected chi connectivity index (χ3v) is 5.11. The highest BCUT2D eigenvalue weighted by Gasteiger charge is 2.35. The maximum absolute atomic E-state index is 12.6. The quantitative estimate of drug-likeness (QED) is 0.881. The third-order valence-electron chi connectivity index (χ3n) is 5.11. The summed E-state index contributed by atoms with van der Waals surface area (Å²) in [5.41, 5.74) is 0.713. The lowest BCUT2D eigenvalue weighted by atomic mass is 9.96. The van der Waals surface area contributed by atoms with Crippen molar-refractivity contribution in [3.63, 3.8) is 0 Å². The molecule has 1 aromatic carbocycles. The highest BCUT2D eigenvalue weighted by molar-refractivity contribution is 5.97. The van der Waals surface area contributed by atoms with Crippen molar-refractivity contribution in [2.24, 2.45) is 0 Å². The number of amides is 3. The van der Waals surface area contributed by atoms with Crippen LogP contribution in [-0.2, 0) is 4.79 Å². The number of urea groups is 1. The van der Waals surface area contributed by atoms with Gasteiger partial charge in [0.25, 0.3) is 0 Å². The maximum Gasteiger partial charge on any atom is 0.318 e. The maximum atomic E-state index is 12.6. The van der Waals surface area contributed by atoms with Crippen molar-refractivity contribution in [2.75, 3.05) is 19.0 Å². The summed E-state index contributed by atoms with van der Waals surface area (Å²) >= 11 is 0. The van der Waals surface area contributed by atoms with Crippen LogP contribution < -0.4 is 15.4 Å². The molecule has 0 aromatic heterocycles. The van der Waals surface area contributed by atoms with Crippen LogP contribution in [0.25, 0.3) is 0 Å². The van der Waals surface area contributed by atoms with Gasteiger partial charge in [-0.3, -0.25) is 4.79 Å². The number of carbonyl (C=O) groups excluding carboxylic acids is 2. The van der Waals surface area contributed by atoms with Gasteiger partial charge >= 0.3 is 6.03 Å². The second-order valence-electron chi connectivity index (χ2n) is 6.85. The molecule has 1 aromatic rings. The fourth-order valence-corrected chi connectivity index (χ4v) is 3.69. The predicted molar refractivity (Wildman–Crippen MR) is 96.8 cm³/mol. The van der Waals surface area contributed by atoms with Crippen LogP contribution in [0, 0.1) is 0 Å². The van der Waals surface area contributed by atoms with E-state index in [1.165, 1.54) is 19.3 Å². The second-order valence-corrected chi connectivity index (χ2v) is 6.85. The summed E-state index contributed by atoms with van der Waals surface area (Å²) in [6, 6.07) is 6.98. The smallest absolute Gasteiger partial charge is 0.318 e. The highest BCUT2D eigenvalue weighted by atomic mass is 16.5. The zero-order valence-corrected chi connectivity index (χ0v) is 14.8. The lowest BCUT2D eigenvalue weighted by Gasteiger charge is -2.29. The van der Waals surface area contributed by atoms with Crippen LogP contribution in [0.2, 0.25) is 0 Å². The Balaban J connectivity index is 1.57. The van der Waals surface area contributed by atoms with E-state index < -0.39 is 6.04 Å². The number of rotatable bonds is 4. The predicted octanol–water partition coefficient (Wildman–Crippen LogP) is 3.14. The number of hydrogen-bond donors (Lipinski definition) is 2. The molecule has 1 saturated carbocycles. The number of carbonyl (C=O) groups is 2. The van der Waals surface area contributed by atoms with E-state index in [2.05, 4.69) is 10.6 Å². The molecule has 2 aliphatic rings. The normalized spacial score (nSPS) is 21.0. The minimum Gasteiger partial charge on any atom is -0.497 e. The van der Waals surface area contributed by atoms with Gasteiger partial charge in [0.05, 0.1) is 7.11 Å². The molecule has 25 heavy (non-hydrogen) atoms. The van der Waals surface area contributed by atoms with E-state index in [9.17, 15) is 9.59 Å². The van der Waals surface area contributed by atoms with Crippen molar-refractivity contribution in [1.29, 1.82) is 0 Å². The van der Waals surface area contributed by atoms with E-state index >= 15 is 0 Å². The first-order valence-electron chi connectivity index (χ1n) is 9.19. The Kier molecular flexibility index (Phi) is 5.79. The lowest BCUT2D eigenvalue weighted by Crippen LogP contribution is -2.50. The Labute approximate surface area is 148 Å². The van der Waals surface area contributed by atoms with Gasteiger partial charge in [-0.2, -0.15) is 0 Å². The molecule has 2 fully saturated rings. The van der Waals surface area contributed by atoms with Crippen LogP contribution in [0.4, 0.5) is 10.5 Å². The van der Waals surface area contributed by atoms with Crippen molar-refractivity contribution in [3.05, 3.63) is 24.3 Å². The van der Waals surface area contributed by atoms with Crippen molar-refractivity contribution < 1.29 is 14.3 Å². The Hall–Kier alpha value is -2.24. The molecule has 6 nitrogen and oxygen atoms in total. The van der Waals surface area contributed by atoms with Crippen LogP contribution in [0.15, 0.2) is 24.3 Å². The monoisotopic (exact) mass is 345 g/mol. The average molecular weight is 345 g/mol. The van der Waals surface area contributed by atoms with E-state index in [0.717, 1.165) is 25.0 Å². The number of nitrogens with one attached hydrogen (secondary N) is 2. The second kappa shape index (κ2) is 8.23. The standard InChI is InChI=1S/C19H27N3O3/c1-25-16-11-9-15(10-12-16)20-18(23)17-8-5-13-22(17)19(24)21-14-6-3-2-4-7-14/h9-12,14,17H,2-8,13H2,1H3,(H,20,23)(H,21,24)/t17-/m0/s1. The number of likely N-dealkylation sites (tertiary alicyclic amines) is 1. The van der Waals surface area contributed by atoms with Crippen LogP contribution in [0.3, 0.4) is 0 Å². The van der Waals surface area contributed by atoms with E-state index in [-0.39, 0.29) is 18.0 Å². The molecule has 0 bridgehead atoms. The third kappa shape index (κ3) is 4.44. The van der Waals surface area contributed by atoms with Crippen molar-refractivity contribution in [2.45, 2.75) is 57.0 Å². The molecule has 6 heteroatoms. The van der Waals surface area contributed by atoms with E-state index in [1.54, 1.807) is 36.3 Å². The number of methoxy groups -OCH3 is 1. The molecule has 0 unspecified atom stereocenters. The molecule has 1 aliphatic carbocycles. The molecule has 3 amide bonds. The molecule has 1 aliphatic heterocycles. The van der Waals surface area contributed by atoms with Crippen molar-refractivity contribution >= 4 is 17.6 Å². The van der Waals surface area contributed by atoms with E-state index in [1.807, 2.05) is 0 Å². The van der Waals surface area contributed by atoms with Gasteiger partial charge in [0, 0.05) is 18.3 Å². The van der Waals surface area contributed by atoms with Crippen LogP contribution in [0.5, 0.6) is 5.75 Å². The topological polar surface area (TPSA) is 70.7 Å². The van der Waals surface area contributed by atoms with Crippen LogP contribution in [-0.4, -0.2) is 42.6 Å². The molecular weight excluding hydrogens is 318 g/mol. The summed E-state index contributed by atoms with van der Waals surface area (Å²) in [5.74, 6) is 0.619. The number of ether oxygens (including phenoxy) is 1. The number of benzene rings is 1. The largest absolute Gasteiger partial charge is 0.497 e. The number of hydrogen-bond acceptors (Lipinski definition) is 3. The summed E-state index contributed by atoms with van der Waals surface area (Å²) in [7, 11) is 1.61. The molecule has 1 heterocycles. The lowest BCUT2D eigenvalue weighted by molar-refractivity contribution is -0.119. The van der Waals surface area contributed by atoms with Gasteiger partial charge < -0.3 is 20.3 Å². The first-order valence-corrected chi connectivity index (χ1v) is 9.19. The fourth-order valence-electron chi connectivity index (χ4n) is 3.69. The summed E-state index contributed by atoms with van der Waals surface area (Å²) in [5, 5.41) is 6.02. The minimum atomic E-state index is -0.398. The van der Waals surface area contributed by atoms with Crippen LogP contribution >= 0.6 is 0 Å².